The summed E-state index contributed by atoms with van der Waals surface area (Å²) in [7, 11) is 0. The lowest BCUT2D eigenvalue weighted by molar-refractivity contribution is 0.0461. The van der Waals surface area contributed by atoms with Crippen molar-refractivity contribution in [1.82, 2.24) is 0 Å². The van der Waals surface area contributed by atoms with Gasteiger partial charge >= 0.3 is 6.16 Å². The number of aryl methyl sites for hydroxylation is 2. The first-order valence-electron chi connectivity index (χ1n) is 9.07. The molecular formula is C22H28O3. The van der Waals surface area contributed by atoms with Gasteiger partial charge in [0.25, 0.3) is 0 Å². The Morgan fingerprint density at radius 3 is 2.40 bits per heavy atom. The largest absolute Gasteiger partial charge is 0.506 e. The molecule has 0 radical (unpaired) electrons. The van der Waals surface area contributed by atoms with Crippen molar-refractivity contribution in [3.05, 3.63) is 70.8 Å². The van der Waals surface area contributed by atoms with Crippen LogP contribution in [0.2, 0.25) is 0 Å². The molecule has 134 valence electrons. The van der Waals surface area contributed by atoms with Gasteiger partial charge in [-0.1, -0.05) is 61.4 Å². The minimum absolute atomic E-state index is 0.369. The number of carboxylic acid groups (broad SMARTS) is 1. The molecular weight excluding hydrogens is 312 g/mol. The van der Waals surface area contributed by atoms with E-state index in [4.69, 9.17) is 9.84 Å². The fourth-order valence-electron chi connectivity index (χ4n) is 3.18. The SMILES string of the molecule is Cc1cccc(C(CCCCCCc2ccccc2)OC(=O)O)c1C. The van der Waals surface area contributed by atoms with Gasteiger partial charge in [-0.3, -0.25) is 0 Å². The van der Waals surface area contributed by atoms with Crippen LogP contribution in [0.25, 0.3) is 0 Å². The van der Waals surface area contributed by atoms with Crippen LogP contribution >= 0.6 is 0 Å². The molecule has 0 saturated carbocycles. The molecule has 0 saturated heterocycles. The van der Waals surface area contributed by atoms with E-state index in [1.807, 2.05) is 38.1 Å². The lowest BCUT2D eigenvalue weighted by atomic mass is 9.95. The van der Waals surface area contributed by atoms with E-state index in [1.54, 1.807) is 0 Å². The maximum atomic E-state index is 11.0. The summed E-state index contributed by atoms with van der Waals surface area (Å²) in [5.41, 5.74) is 4.66. The summed E-state index contributed by atoms with van der Waals surface area (Å²) in [6, 6.07) is 16.5. The molecule has 0 aliphatic heterocycles. The minimum atomic E-state index is -1.20. The fourth-order valence-corrected chi connectivity index (χ4v) is 3.18. The third-order valence-electron chi connectivity index (χ3n) is 4.76. The van der Waals surface area contributed by atoms with E-state index in [0.29, 0.717) is 0 Å². The first kappa shape index (κ1) is 19.0. The topological polar surface area (TPSA) is 46.5 Å². The van der Waals surface area contributed by atoms with E-state index in [2.05, 4.69) is 24.3 Å². The highest BCUT2D eigenvalue weighted by Crippen LogP contribution is 2.28. The van der Waals surface area contributed by atoms with Gasteiger partial charge in [0.2, 0.25) is 0 Å². The van der Waals surface area contributed by atoms with E-state index < -0.39 is 6.16 Å². The highest BCUT2D eigenvalue weighted by molar-refractivity contribution is 5.57. The molecule has 1 atom stereocenters. The Kier molecular flexibility index (Phi) is 7.52. The molecule has 2 aromatic rings. The smallest absolute Gasteiger partial charge is 0.450 e. The zero-order valence-corrected chi connectivity index (χ0v) is 15.2. The molecule has 1 unspecified atom stereocenters. The summed E-state index contributed by atoms with van der Waals surface area (Å²) in [4.78, 5) is 11.0. The van der Waals surface area contributed by atoms with Crippen molar-refractivity contribution in [3.63, 3.8) is 0 Å². The predicted molar refractivity (Wildman–Crippen MR) is 101 cm³/mol. The van der Waals surface area contributed by atoms with Crippen LogP contribution in [-0.4, -0.2) is 11.3 Å². The van der Waals surface area contributed by atoms with Crippen LogP contribution in [0.5, 0.6) is 0 Å². The first-order valence-corrected chi connectivity index (χ1v) is 9.07. The van der Waals surface area contributed by atoms with Crippen molar-refractivity contribution < 1.29 is 14.6 Å². The Morgan fingerprint density at radius 2 is 1.68 bits per heavy atom. The molecule has 0 spiro atoms. The van der Waals surface area contributed by atoms with Crippen molar-refractivity contribution in [2.45, 2.75) is 58.5 Å². The zero-order valence-electron chi connectivity index (χ0n) is 15.2. The third-order valence-corrected chi connectivity index (χ3v) is 4.76. The molecule has 0 fully saturated rings. The summed E-state index contributed by atoms with van der Waals surface area (Å²) >= 11 is 0. The van der Waals surface area contributed by atoms with Gasteiger partial charge in [0.15, 0.2) is 0 Å². The molecule has 3 heteroatoms. The van der Waals surface area contributed by atoms with Crippen LogP contribution in [0.1, 0.15) is 60.5 Å². The van der Waals surface area contributed by atoms with Crippen molar-refractivity contribution in [2.24, 2.45) is 0 Å². The zero-order chi connectivity index (χ0) is 18.1. The van der Waals surface area contributed by atoms with E-state index in [0.717, 1.165) is 49.7 Å². The number of ether oxygens (including phenoxy) is 1. The number of hydrogen-bond donors (Lipinski definition) is 1. The maximum Gasteiger partial charge on any atom is 0.506 e. The Balaban J connectivity index is 1.80. The molecule has 0 aliphatic rings. The molecule has 3 nitrogen and oxygen atoms in total. The monoisotopic (exact) mass is 340 g/mol. The van der Waals surface area contributed by atoms with Gasteiger partial charge in [-0.15, -0.1) is 0 Å². The lowest BCUT2D eigenvalue weighted by Gasteiger charge is -2.19. The highest BCUT2D eigenvalue weighted by atomic mass is 16.7. The number of hydrogen-bond acceptors (Lipinski definition) is 2. The van der Waals surface area contributed by atoms with Crippen LogP contribution in [-0.2, 0) is 11.2 Å². The van der Waals surface area contributed by atoms with Gasteiger partial charge in [-0.25, -0.2) is 4.79 Å². The molecule has 2 rings (SSSR count). The average molecular weight is 340 g/mol. The van der Waals surface area contributed by atoms with Crippen LogP contribution in [0, 0.1) is 13.8 Å². The lowest BCUT2D eigenvalue weighted by Crippen LogP contribution is -2.11. The standard InChI is InChI=1S/C22H28O3/c1-17-11-10-15-20(18(17)2)21(25-22(23)24)16-9-4-3-6-12-19-13-7-5-8-14-19/h5,7-8,10-11,13-15,21H,3-4,6,9,12,16H2,1-2H3,(H,23,24). The van der Waals surface area contributed by atoms with Crippen LogP contribution < -0.4 is 0 Å². The van der Waals surface area contributed by atoms with Crippen LogP contribution in [0.15, 0.2) is 48.5 Å². The second-order valence-electron chi connectivity index (χ2n) is 6.60. The summed E-state index contributed by atoms with van der Waals surface area (Å²) in [6.45, 7) is 4.07. The third kappa shape index (κ3) is 6.26. The molecule has 1 N–H and O–H groups in total. The molecule has 2 aromatic carbocycles. The predicted octanol–water partition coefficient (Wildman–Crippen LogP) is 6.23. The first-order chi connectivity index (χ1) is 12.1. The molecule has 0 aliphatic carbocycles. The van der Waals surface area contributed by atoms with Crippen LogP contribution in [0.4, 0.5) is 4.79 Å². The van der Waals surface area contributed by atoms with Gasteiger partial charge < -0.3 is 9.84 Å². The Morgan fingerprint density at radius 1 is 0.960 bits per heavy atom. The van der Waals surface area contributed by atoms with Gasteiger partial charge in [0.05, 0.1) is 0 Å². The summed E-state index contributed by atoms with van der Waals surface area (Å²) in [5, 5.41) is 9.05. The molecule has 0 amide bonds. The summed E-state index contributed by atoms with van der Waals surface area (Å²) in [6.07, 6.45) is 4.66. The number of benzene rings is 2. The molecule has 0 bridgehead atoms. The highest BCUT2D eigenvalue weighted by Gasteiger charge is 2.18. The van der Waals surface area contributed by atoms with Crippen LogP contribution in [0.3, 0.4) is 0 Å². The minimum Gasteiger partial charge on any atom is -0.450 e. The number of carbonyl (C=O) groups is 1. The van der Waals surface area contributed by atoms with Crippen molar-refractivity contribution in [3.8, 4) is 0 Å². The average Bonchev–Trinajstić information content (AvgIpc) is 2.60. The number of unbranched alkanes of at least 4 members (excludes halogenated alkanes) is 3. The van der Waals surface area contributed by atoms with E-state index in [1.165, 1.54) is 11.1 Å². The van der Waals surface area contributed by atoms with Gasteiger partial charge in [0, 0.05) is 0 Å². The van der Waals surface area contributed by atoms with Crippen molar-refractivity contribution >= 4 is 6.16 Å². The summed E-state index contributed by atoms with van der Waals surface area (Å²) in [5.74, 6) is 0. The van der Waals surface area contributed by atoms with E-state index >= 15 is 0 Å². The Hall–Kier alpha value is -2.29. The van der Waals surface area contributed by atoms with Gasteiger partial charge in [0.1, 0.15) is 6.10 Å². The number of rotatable bonds is 9. The molecule has 25 heavy (non-hydrogen) atoms. The van der Waals surface area contributed by atoms with Crippen molar-refractivity contribution in [2.75, 3.05) is 0 Å². The second-order valence-corrected chi connectivity index (χ2v) is 6.60. The van der Waals surface area contributed by atoms with Crippen molar-refractivity contribution in [1.29, 1.82) is 0 Å². The van der Waals surface area contributed by atoms with Gasteiger partial charge in [-0.05, 0) is 61.8 Å². The Labute approximate surface area is 150 Å². The van der Waals surface area contributed by atoms with E-state index in [-0.39, 0.29) is 6.10 Å². The Bertz CT molecular complexity index is 664. The quantitative estimate of drug-likeness (QED) is 0.434. The molecule has 0 aromatic heterocycles. The maximum absolute atomic E-state index is 11.0. The van der Waals surface area contributed by atoms with E-state index in [9.17, 15) is 4.79 Å². The second kappa shape index (κ2) is 9.87. The molecule has 0 heterocycles. The normalized spacial score (nSPS) is 11.9. The van der Waals surface area contributed by atoms with Gasteiger partial charge in [-0.2, -0.15) is 0 Å². The summed E-state index contributed by atoms with van der Waals surface area (Å²) < 4.78 is 5.16. The fraction of sp³-hybridized carbons (Fsp3) is 0.409.